The summed E-state index contributed by atoms with van der Waals surface area (Å²) in [6, 6.07) is 23.8. The normalized spacial score (nSPS) is 16.7. The van der Waals surface area contributed by atoms with E-state index in [2.05, 4.69) is 46.3 Å². The van der Waals surface area contributed by atoms with Crippen molar-refractivity contribution in [3.8, 4) is 5.75 Å². The van der Waals surface area contributed by atoms with Crippen LogP contribution in [0.2, 0.25) is 0 Å². The van der Waals surface area contributed by atoms with Gasteiger partial charge in [-0.3, -0.25) is 4.90 Å². The third kappa shape index (κ3) is 3.30. The zero-order valence-electron chi connectivity index (χ0n) is 16.4. The smallest absolute Gasteiger partial charge is 0.123 e. The van der Waals surface area contributed by atoms with Crippen LogP contribution in [-0.2, 0) is 13.0 Å². The number of para-hydroxylation sites is 1. The Morgan fingerprint density at radius 1 is 1.00 bits per heavy atom. The van der Waals surface area contributed by atoms with Crippen molar-refractivity contribution in [2.45, 2.75) is 19.0 Å². The number of nitrogens with zero attached hydrogens (tertiary/aromatic N) is 1. The zero-order valence-corrected chi connectivity index (χ0v) is 16.4. The fraction of sp³-hybridized carbons (Fsp3) is 0.200. The van der Waals surface area contributed by atoms with Crippen LogP contribution >= 0.6 is 0 Å². The van der Waals surface area contributed by atoms with Crippen molar-refractivity contribution in [1.82, 2.24) is 9.88 Å². The van der Waals surface area contributed by atoms with Crippen LogP contribution in [0.3, 0.4) is 0 Å². The lowest BCUT2D eigenvalue weighted by atomic mass is 9.92. The first-order chi connectivity index (χ1) is 14.2. The lowest BCUT2D eigenvalue weighted by Crippen LogP contribution is -2.35. The van der Waals surface area contributed by atoms with E-state index in [4.69, 9.17) is 4.74 Å². The number of benzene rings is 3. The second-order valence-corrected chi connectivity index (χ2v) is 7.59. The molecule has 2 heterocycles. The Labute approximate surface area is 169 Å². The Kier molecular flexibility index (Phi) is 4.57. The summed E-state index contributed by atoms with van der Waals surface area (Å²) in [5, 5.41) is 1.31. The lowest BCUT2D eigenvalue weighted by Gasteiger charge is -2.36. The molecule has 0 saturated carbocycles. The van der Waals surface area contributed by atoms with Gasteiger partial charge in [0.25, 0.3) is 0 Å². The van der Waals surface area contributed by atoms with Crippen molar-refractivity contribution >= 4 is 10.9 Å². The molecule has 1 atom stereocenters. The van der Waals surface area contributed by atoms with Crippen molar-refractivity contribution in [3.63, 3.8) is 0 Å². The topological polar surface area (TPSA) is 28.3 Å². The molecule has 4 aromatic rings. The van der Waals surface area contributed by atoms with E-state index < -0.39 is 0 Å². The van der Waals surface area contributed by atoms with E-state index in [-0.39, 0.29) is 11.9 Å². The third-order valence-corrected chi connectivity index (χ3v) is 5.86. The summed E-state index contributed by atoms with van der Waals surface area (Å²) in [4.78, 5) is 6.15. The van der Waals surface area contributed by atoms with Gasteiger partial charge in [-0.2, -0.15) is 0 Å². The van der Waals surface area contributed by atoms with Crippen molar-refractivity contribution in [2.75, 3.05) is 13.7 Å². The molecule has 3 nitrogen and oxygen atoms in total. The maximum Gasteiger partial charge on any atom is 0.123 e. The first-order valence-electron chi connectivity index (χ1n) is 9.95. The standard InChI is InChI=1S/C25H23FN2O/c1-29-20-12-8-18(9-13-20)25-24-22(21-4-2-3-5-23(21)27-24)14-15-28(25)16-17-6-10-19(26)11-7-17/h2-13,25,27H,14-16H2,1H3/t25-/m1/s1. The van der Waals surface area contributed by atoms with Gasteiger partial charge in [-0.15, -0.1) is 0 Å². The monoisotopic (exact) mass is 386 g/mol. The first-order valence-corrected chi connectivity index (χ1v) is 9.95. The fourth-order valence-electron chi connectivity index (χ4n) is 4.45. The number of H-pyrrole nitrogens is 1. The summed E-state index contributed by atoms with van der Waals surface area (Å²) in [5.74, 6) is 0.656. The predicted octanol–water partition coefficient (Wildman–Crippen LogP) is 5.46. The highest BCUT2D eigenvalue weighted by Crippen LogP contribution is 2.39. The van der Waals surface area contributed by atoms with Crippen molar-refractivity contribution in [2.24, 2.45) is 0 Å². The molecule has 1 aliphatic heterocycles. The van der Waals surface area contributed by atoms with Gasteiger partial charge in [0, 0.05) is 29.7 Å². The SMILES string of the molecule is COc1ccc([C@@H]2c3[nH]c4ccccc4c3CCN2Cc2ccc(F)cc2)cc1. The summed E-state index contributed by atoms with van der Waals surface area (Å²) in [7, 11) is 1.69. The Morgan fingerprint density at radius 2 is 1.76 bits per heavy atom. The van der Waals surface area contributed by atoms with Crippen LogP contribution in [0.1, 0.15) is 28.4 Å². The molecular formula is C25H23FN2O. The minimum atomic E-state index is -0.197. The number of methoxy groups -OCH3 is 1. The molecule has 0 amide bonds. The maximum atomic E-state index is 13.4. The molecule has 29 heavy (non-hydrogen) atoms. The van der Waals surface area contributed by atoms with E-state index in [1.165, 1.54) is 39.9 Å². The Balaban J connectivity index is 1.59. The molecule has 146 valence electrons. The predicted molar refractivity (Wildman–Crippen MR) is 114 cm³/mol. The van der Waals surface area contributed by atoms with Gasteiger partial charge >= 0.3 is 0 Å². The molecule has 3 aromatic carbocycles. The summed E-state index contributed by atoms with van der Waals surface area (Å²) < 4.78 is 18.7. The maximum absolute atomic E-state index is 13.4. The molecule has 1 aliphatic rings. The van der Waals surface area contributed by atoms with Gasteiger partial charge < -0.3 is 9.72 Å². The van der Waals surface area contributed by atoms with Crippen LogP contribution < -0.4 is 4.74 Å². The van der Waals surface area contributed by atoms with E-state index >= 15 is 0 Å². The molecule has 1 N–H and O–H groups in total. The van der Waals surface area contributed by atoms with Crippen LogP contribution in [-0.4, -0.2) is 23.5 Å². The second kappa shape index (κ2) is 7.37. The lowest BCUT2D eigenvalue weighted by molar-refractivity contribution is 0.202. The van der Waals surface area contributed by atoms with Gasteiger partial charge in [0.15, 0.2) is 0 Å². The Morgan fingerprint density at radius 3 is 2.52 bits per heavy atom. The number of aromatic nitrogens is 1. The molecular weight excluding hydrogens is 363 g/mol. The van der Waals surface area contributed by atoms with Gasteiger partial charge in [0.2, 0.25) is 0 Å². The molecule has 4 heteroatoms. The van der Waals surface area contributed by atoms with Gasteiger partial charge in [0.1, 0.15) is 11.6 Å². The molecule has 0 aliphatic carbocycles. The second-order valence-electron chi connectivity index (χ2n) is 7.59. The molecule has 0 unspecified atom stereocenters. The van der Waals surface area contributed by atoms with Gasteiger partial charge in [-0.25, -0.2) is 4.39 Å². The zero-order chi connectivity index (χ0) is 19.8. The number of fused-ring (bicyclic) bond motifs is 3. The van der Waals surface area contributed by atoms with Gasteiger partial charge in [0.05, 0.1) is 13.2 Å². The number of halogens is 1. The minimum Gasteiger partial charge on any atom is -0.497 e. The molecule has 0 radical (unpaired) electrons. The van der Waals surface area contributed by atoms with Crippen LogP contribution in [0.5, 0.6) is 5.75 Å². The summed E-state index contributed by atoms with van der Waals surface area (Å²) in [6.07, 6.45) is 0.993. The average Bonchev–Trinajstić information content (AvgIpc) is 3.14. The molecule has 0 fully saturated rings. The van der Waals surface area contributed by atoms with Crippen LogP contribution in [0, 0.1) is 5.82 Å². The van der Waals surface area contributed by atoms with Crippen LogP contribution in [0.25, 0.3) is 10.9 Å². The number of nitrogens with one attached hydrogen (secondary N) is 1. The summed E-state index contributed by atoms with van der Waals surface area (Å²) in [5.41, 5.74) is 6.17. The van der Waals surface area contributed by atoms with Crippen molar-refractivity contribution in [3.05, 3.63) is 101 Å². The number of aromatic amines is 1. The highest BCUT2D eigenvalue weighted by atomic mass is 19.1. The van der Waals surface area contributed by atoms with Crippen LogP contribution in [0.4, 0.5) is 4.39 Å². The highest BCUT2D eigenvalue weighted by molar-refractivity contribution is 5.85. The fourth-order valence-corrected chi connectivity index (χ4v) is 4.45. The largest absolute Gasteiger partial charge is 0.497 e. The molecule has 0 spiro atoms. The average molecular weight is 386 g/mol. The summed E-state index contributed by atoms with van der Waals surface area (Å²) >= 11 is 0. The molecule has 5 rings (SSSR count). The van der Waals surface area contributed by atoms with E-state index in [0.717, 1.165) is 30.8 Å². The first kappa shape index (κ1) is 18.0. The quantitative estimate of drug-likeness (QED) is 0.504. The molecule has 1 aromatic heterocycles. The number of ether oxygens (including phenoxy) is 1. The number of hydrogen-bond donors (Lipinski definition) is 1. The van der Waals surface area contributed by atoms with Crippen LogP contribution in [0.15, 0.2) is 72.8 Å². The highest BCUT2D eigenvalue weighted by Gasteiger charge is 2.31. The van der Waals surface area contributed by atoms with E-state index in [9.17, 15) is 4.39 Å². The minimum absolute atomic E-state index is 0.113. The van der Waals surface area contributed by atoms with Crippen molar-refractivity contribution in [1.29, 1.82) is 0 Å². The number of rotatable bonds is 4. The number of hydrogen-bond acceptors (Lipinski definition) is 2. The van der Waals surface area contributed by atoms with E-state index in [0.29, 0.717) is 0 Å². The van der Waals surface area contributed by atoms with Crippen molar-refractivity contribution < 1.29 is 9.13 Å². The van der Waals surface area contributed by atoms with Gasteiger partial charge in [-0.05, 0) is 53.4 Å². The molecule has 0 saturated heterocycles. The van der Waals surface area contributed by atoms with E-state index in [1.54, 1.807) is 7.11 Å². The summed E-state index contributed by atoms with van der Waals surface area (Å²) in [6.45, 7) is 1.72. The third-order valence-electron chi connectivity index (χ3n) is 5.86. The Hall–Kier alpha value is -3.11. The van der Waals surface area contributed by atoms with Gasteiger partial charge in [-0.1, -0.05) is 42.5 Å². The van der Waals surface area contributed by atoms with E-state index in [1.807, 2.05) is 24.3 Å². The molecule has 0 bridgehead atoms. The Bertz CT molecular complexity index is 1130.